The van der Waals surface area contributed by atoms with E-state index < -0.39 is 24.2 Å². The van der Waals surface area contributed by atoms with Crippen molar-refractivity contribution in [2.24, 2.45) is 5.92 Å². The van der Waals surface area contributed by atoms with Gasteiger partial charge in [-0.05, 0) is 5.92 Å². The third-order valence-corrected chi connectivity index (χ3v) is 1.25. The third-order valence-electron chi connectivity index (χ3n) is 1.25. The lowest BCUT2D eigenvalue weighted by Crippen LogP contribution is -2.35. The summed E-state index contributed by atoms with van der Waals surface area (Å²) >= 11 is 0. The van der Waals surface area contributed by atoms with Gasteiger partial charge in [-0.15, -0.1) is 0 Å². The van der Waals surface area contributed by atoms with Crippen LogP contribution in [-0.2, 0) is 14.4 Å². The number of nitrogens with one attached hydrogen (secondary N) is 1. The van der Waals surface area contributed by atoms with E-state index in [1.54, 1.807) is 0 Å². The highest BCUT2D eigenvalue weighted by Gasteiger charge is 2.15. The van der Waals surface area contributed by atoms with Gasteiger partial charge in [0.15, 0.2) is 0 Å². The van der Waals surface area contributed by atoms with Crippen LogP contribution in [0, 0.1) is 5.92 Å². The van der Waals surface area contributed by atoms with Crippen molar-refractivity contribution in [1.82, 2.24) is 5.32 Å². The Hall–Kier alpha value is -1.39. The fraction of sp³-hybridized carbons (Fsp3) is 0.625. The van der Waals surface area contributed by atoms with E-state index in [1.165, 1.54) is 0 Å². The highest BCUT2D eigenvalue weighted by Crippen LogP contribution is 1.99. The maximum Gasteiger partial charge on any atom is 0.322 e. The average Bonchev–Trinajstić information content (AvgIpc) is 1.98. The first-order valence-corrected chi connectivity index (χ1v) is 3.96. The maximum atomic E-state index is 11.0. The van der Waals surface area contributed by atoms with Crippen molar-refractivity contribution in [2.75, 3.05) is 6.54 Å². The Bertz CT molecular complexity index is 222. The van der Waals surface area contributed by atoms with Crippen LogP contribution in [0.15, 0.2) is 0 Å². The molecule has 0 aliphatic carbocycles. The zero-order chi connectivity index (χ0) is 10.4. The number of carboxylic acids is 1. The number of carbonyl (C=O) groups is 3. The minimum Gasteiger partial charge on any atom is -0.480 e. The zero-order valence-electron chi connectivity index (χ0n) is 7.66. The maximum absolute atomic E-state index is 11.0. The molecule has 0 aromatic carbocycles. The van der Waals surface area contributed by atoms with Gasteiger partial charge < -0.3 is 10.4 Å². The second kappa shape index (κ2) is 5.29. The van der Waals surface area contributed by atoms with Gasteiger partial charge in [0, 0.05) is 6.42 Å². The lowest BCUT2D eigenvalue weighted by molar-refractivity contribution is -0.141. The highest BCUT2D eigenvalue weighted by molar-refractivity contribution is 6.36. The Kier molecular flexibility index (Phi) is 4.72. The Balaban J connectivity index is 3.83. The van der Waals surface area contributed by atoms with Gasteiger partial charge in [-0.2, -0.15) is 0 Å². The molecule has 0 aliphatic heterocycles. The molecule has 1 amide bonds. The molecule has 0 unspecified atom stereocenters. The molecular weight excluding hydrogens is 174 g/mol. The molecule has 0 bridgehead atoms. The molecule has 74 valence electrons. The molecule has 0 aromatic rings. The van der Waals surface area contributed by atoms with E-state index in [2.05, 4.69) is 0 Å². The van der Waals surface area contributed by atoms with Gasteiger partial charge in [-0.25, -0.2) is 0 Å². The fourth-order valence-electron chi connectivity index (χ4n) is 0.718. The first kappa shape index (κ1) is 11.6. The number of carbonyl (C=O) groups excluding carboxylic acids is 2. The Morgan fingerprint density at radius 2 is 1.85 bits per heavy atom. The van der Waals surface area contributed by atoms with Gasteiger partial charge in [-0.3, -0.25) is 14.4 Å². The monoisotopic (exact) mass is 187 g/mol. The molecule has 5 heteroatoms. The van der Waals surface area contributed by atoms with Gasteiger partial charge in [0.05, 0.1) is 0 Å². The Morgan fingerprint density at radius 1 is 1.31 bits per heavy atom. The van der Waals surface area contributed by atoms with Crippen molar-refractivity contribution >= 4 is 17.7 Å². The van der Waals surface area contributed by atoms with Crippen molar-refractivity contribution in [3.8, 4) is 0 Å². The zero-order valence-corrected chi connectivity index (χ0v) is 7.66. The van der Waals surface area contributed by atoms with E-state index in [4.69, 9.17) is 5.11 Å². The van der Waals surface area contributed by atoms with Crippen molar-refractivity contribution in [2.45, 2.75) is 20.3 Å². The summed E-state index contributed by atoms with van der Waals surface area (Å²) in [6.45, 7) is 3.10. The highest BCUT2D eigenvalue weighted by atomic mass is 16.4. The van der Waals surface area contributed by atoms with Crippen LogP contribution in [0.25, 0.3) is 0 Å². The SMILES string of the molecule is CC(C)CC(=O)C(=O)NCC(=O)O. The van der Waals surface area contributed by atoms with Crippen LogP contribution in [0.3, 0.4) is 0 Å². The van der Waals surface area contributed by atoms with Crippen LogP contribution in [0.1, 0.15) is 20.3 Å². The normalized spacial score (nSPS) is 9.77. The van der Waals surface area contributed by atoms with Crippen LogP contribution < -0.4 is 5.32 Å². The van der Waals surface area contributed by atoms with E-state index in [0.29, 0.717) is 0 Å². The lowest BCUT2D eigenvalue weighted by Gasteiger charge is -2.03. The van der Waals surface area contributed by atoms with Gasteiger partial charge in [0.1, 0.15) is 6.54 Å². The van der Waals surface area contributed by atoms with Crippen LogP contribution in [0.4, 0.5) is 0 Å². The van der Waals surface area contributed by atoms with E-state index in [-0.39, 0.29) is 12.3 Å². The summed E-state index contributed by atoms with van der Waals surface area (Å²) in [5, 5.41) is 10.2. The number of Topliss-reactive ketones (excluding diaryl/α,β-unsaturated/α-hetero) is 1. The van der Waals surface area contributed by atoms with Gasteiger partial charge in [0.2, 0.25) is 5.78 Å². The quantitative estimate of drug-likeness (QED) is 0.584. The minimum atomic E-state index is -1.16. The number of amides is 1. The van der Waals surface area contributed by atoms with Crippen LogP contribution in [0.2, 0.25) is 0 Å². The summed E-state index contributed by atoms with van der Waals surface area (Å²) in [6.07, 6.45) is 0.144. The molecule has 0 rings (SSSR count). The van der Waals surface area contributed by atoms with E-state index in [9.17, 15) is 14.4 Å². The second-order valence-electron chi connectivity index (χ2n) is 3.10. The van der Waals surface area contributed by atoms with Crippen molar-refractivity contribution in [1.29, 1.82) is 0 Å². The molecule has 0 spiro atoms. The molecule has 0 aliphatic rings. The Labute approximate surface area is 76.1 Å². The topological polar surface area (TPSA) is 83.5 Å². The van der Waals surface area contributed by atoms with E-state index >= 15 is 0 Å². The van der Waals surface area contributed by atoms with Gasteiger partial charge in [-0.1, -0.05) is 13.8 Å². The summed E-state index contributed by atoms with van der Waals surface area (Å²) in [6, 6.07) is 0. The largest absolute Gasteiger partial charge is 0.480 e. The first-order chi connectivity index (χ1) is 5.93. The lowest BCUT2D eigenvalue weighted by atomic mass is 10.1. The summed E-state index contributed by atoms with van der Waals surface area (Å²) in [7, 11) is 0. The predicted octanol–water partition coefficient (Wildman–Crippen LogP) is -0.198. The molecule has 0 atom stereocenters. The number of aliphatic carboxylic acids is 1. The van der Waals surface area contributed by atoms with Crippen molar-refractivity contribution in [3.05, 3.63) is 0 Å². The molecule has 0 radical (unpaired) electrons. The third kappa shape index (κ3) is 5.84. The van der Waals surface area contributed by atoms with Gasteiger partial charge >= 0.3 is 5.97 Å². The molecule has 0 saturated carbocycles. The fourth-order valence-corrected chi connectivity index (χ4v) is 0.718. The molecule has 0 fully saturated rings. The van der Waals surface area contributed by atoms with Crippen LogP contribution in [-0.4, -0.2) is 29.3 Å². The number of rotatable bonds is 5. The second-order valence-corrected chi connectivity index (χ2v) is 3.10. The number of ketones is 1. The van der Waals surface area contributed by atoms with Crippen molar-refractivity contribution < 1.29 is 19.5 Å². The molecule has 0 aromatic heterocycles. The summed E-state index contributed by atoms with van der Waals surface area (Å²) < 4.78 is 0. The van der Waals surface area contributed by atoms with Gasteiger partial charge in [0.25, 0.3) is 5.91 Å². The molecule has 0 saturated heterocycles. The summed E-state index contributed by atoms with van der Waals surface area (Å²) in [5.41, 5.74) is 0. The summed E-state index contributed by atoms with van der Waals surface area (Å²) in [4.78, 5) is 31.8. The molecular formula is C8H13NO4. The number of carboxylic acid groups (broad SMARTS) is 1. The van der Waals surface area contributed by atoms with Crippen LogP contribution in [0.5, 0.6) is 0 Å². The minimum absolute atomic E-state index is 0.100. The number of hydrogen-bond donors (Lipinski definition) is 2. The van der Waals surface area contributed by atoms with E-state index in [1.807, 2.05) is 19.2 Å². The standard InChI is InChI=1S/C8H13NO4/c1-5(2)3-6(10)8(13)9-4-7(11)12/h5H,3-4H2,1-2H3,(H,9,13)(H,11,12). The first-order valence-electron chi connectivity index (χ1n) is 3.96. The summed E-state index contributed by atoms with van der Waals surface area (Å²) in [5.74, 6) is -2.46. The molecule has 13 heavy (non-hydrogen) atoms. The Morgan fingerprint density at radius 3 is 2.23 bits per heavy atom. The molecule has 5 nitrogen and oxygen atoms in total. The average molecular weight is 187 g/mol. The van der Waals surface area contributed by atoms with E-state index in [0.717, 1.165) is 0 Å². The molecule has 2 N–H and O–H groups in total. The molecule has 0 heterocycles. The van der Waals surface area contributed by atoms with Crippen LogP contribution >= 0.6 is 0 Å². The smallest absolute Gasteiger partial charge is 0.322 e. The predicted molar refractivity (Wildman–Crippen MR) is 45.1 cm³/mol. The van der Waals surface area contributed by atoms with Crippen molar-refractivity contribution in [3.63, 3.8) is 0 Å². The number of hydrogen-bond acceptors (Lipinski definition) is 3.